The summed E-state index contributed by atoms with van der Waals surface area (Å²) in [4.78, 5) is 42.9. The van der Waals surface area contributed by atoms with E-state index in [1.165, 1.54) is 23.5 Å². The van der Waals surface area contributed by atoms with Crippen LogP contribution in [0.4, 0.5) is 5.69 Å². The summed E-state index contributed by atoms with van der Waals surface area (Å²) in [6.45, 7) is 9.98. The molecular weight excluding hydrogens is 556 g/mol. The topological polar surface area (TPSA) is 118 Å². The molecule has 10 nitrogen and oxygen atoms in total. The smallest absolute Gasteiger partial charge is 0.338 e. The fraction of sp³-hybridized carbons (Fsp3) is 0.258. The van der Waals surface area contributed by atoms with Crippen LogP contribution in [0.5, 0.6) is 5.75 Å². The second kappa shape index (κ2) is 11.6. The Morgan fingerprint density at radius 2 is 1.76 bits per heavy atom. The minimum Gasteiger partial charge on any atom is -0.494 e. The molecule has 1 atom stereocenters. The van der Waals surface area contributed by atoms with Crippen LogP contribution in [0.3, 0.4) is 0 Å². The maximum absolute atomic E-state index is 14.0. The van der Waals surface area contributed by atoms with Crippen molar-refractivity contribution in [1.29, 1.82) is 0 Å². The third-order valence-corrected chi connectivity index (χ3v) is 8.08. The molecule has 1 aliphatic rings. The highest BCUT2D eigenvalue weighted by atomic mass is 32.1. The number of thiazole rings is 1. The lowest BCUT2D eigenvalue weighted by atomic mass is 9.96. The van der Waals surface area contributed by atoms with E-state index in [0.29, 0.717) is 33.0 Å². The predicted octanol–water partition coefficient (Wildman–Crippen LogP) is 4.51. The van der Waals surface area contributed by atoms with E-state index in [-0.39, 0.29) is 17.9 Å². The molecule has 0 saturated heterocycles. The van der Waals surface area contributed by atoms with E-state index >= 15 is 0 Å². The van der Waals surface area contributed by atoms with E-state index in [9.17, 15) is 19.7 Å². The lowest BCUT2D eigenvalue weighted by Gasteiger charge is -2.24. The van der Waals surface area contributed by atoms with Crippen LogP contribution >= 0.6 is 11.3 Å². The van der Waals surface area contributed by atoms with Crippen molar-refractivity contribution in [3.05, 3.63) is 118 Å². The van der Waals surface area contributed by atoms with Crippen molar-refractivity contribution in [1.82, 2.24) is 9.13 Å². The maximum atomic E-state index is 14.0. The molecule has 2 aromatic carbocycles. The number of benzene rings is 2. The standard InChI is InChI=1S/C31H30N4O6S/c1-6-40-25-14-8-21(9-15-25)28-27(30(37)41-7-2)19(4)32-31-34(28)29(36)26(42-31)17-22-16-18(3)33(20(22)5)23-10-12-24(13-11-23)35(38)39/h8-17,28H,6-7H2,1-5H3/b26-17-/t28-/m1/s1. The Bertz CT molecular complexity index is 1900. The van der Waals surface area contributed by atoms with Crippen LogP contribution in [0.1, 0.15) is 49.3 Å². The van der Waals surface area contributed by atoms with E-state index in [4.69, 9.17) is 9.47 Å². The number of nitro benzene ring substituents is 1. The molecule has 11 heteroatoms. The number of carbonyl (C=O) groups is 1. The molecule has 0 spiro atoms. The van der Waals surface area contributed by atoms with Gasteiger partial charge in [-0.3, -0.25) is 19.5 Å². The van der Waals surface area contributed by atoms with Crippen molar-refractivity contribution in [2.45, 2.75) is 40.7 Å². The van der Waals surface area contributed by atoms with E-state index in [2.05, 4.69) is 4.99 Å². The van der Waals surface area contributed by atoms with Crippen LogP contribution in [0.15, 0.2) is 75.7 Å². The number of hydrogen-bond donors (Lipinski definition) is 0. The number of nitro groups is 1. The Morgan fingerprint density at radius 1 is 1.07 bits per heavy atom. The molecular formula is C31H30N4O6S. The van der Waals surface area contributed by atoms with Gasteiger partial charge in [0.15, 0.2) is 4.80 Å². The minimum atomic E-state index is -0.717. The maximum Gasteiger partial charge on any atom is 0.338 e. The summed E-state index contributed by atoms with van der Waals surface area (Å²) in [5.74, 6) is 0.175. The Balaban J connectivity index is 1.64. The van der Waals surface area contributed by atoms with Crippen LogP contribution in [-0.2, 0) is 9.53 Å². The molecule has 4 aromatic rings. The summed E-state index contributed by atoms with van der Waals surface area (Å²) >= 11 is 1.26. The predicted molar refractivity (Wildman–Crippen MR) is 160 cm³/mol. The third kappa shape index (κ3) is 5.18. The summed E-state index contributed by atoms with van der Waals surface area (Å²) in [6, 6.07) is 14.9. The van der Waals surface area contributed by atoms with Gasteiger partial charge in [-0.1, -0.05) is 23.5 Å². The van der Waals surface area contributed by atoms with Gasteiger partial charge < -0.3 is 14.0 Å². The van der Waals surface area contributed by atoms with E-state index in [0.717, 1.165) is 28.2 Å². The second-order valence-electron chi connectivity index (χ2n) is 9.74. The van der Waals surface area contributed by atoms with E-state index in [1.807, 2.05) is 61.7 Å². The van der Waals surface area contributed by atoms with Crippen molar-refractivity contribution < 1.29 is 19.2 Å². The normalized spacial score (nSPS) is 14.9. The zero-order chi connectivity index (χ0) is 30.1. The molecule has 2 aromatic heterocycles. The zero-order valence-electron chi connectivity index (χ0n) is 23.9. The first kappa shape index (κ1) is 28.7. The molecule has 0 amide bonds. The highest BCUT2D eigenvalue weighted by Gasteiger charge is 2.33. The fourth-order valence-corrected chi connectivity index (χ4v) is 6.25. The fourth-order valence-electron chi connectivity index (χ4n) is 5.22. The first-order valence-electron chi connectivity index (χ1n) is 13.5. The first-order valence-corrected chi connectivity index (χ1v) is 14.3. The molecule has 0 aliphatic carbocycles. The molecule has 0 fully saturated rings. The highest BCUT2D eigenvalue weighted by Crippen LogP contribution is 2.32. The van der Waals surface area contributed by atoms with Gasteiger partial charge in [0.05, 0.1) is 40.0 Å². The van der Waals surface area contributed by atoms with Crippen LogP contribution in [0, 0.1) is 24.0 Å². The van der Waals surface area contributed by atoms with Gasteiger partial charge in [0.1, 0.15) is 5.75 Å². The number of non-ortho nitro benzene ring substituents is 1. The van der Waals surface area contributed by atoms with Crippen LogP contribution in [0.2, 0.25) is 0 Å². The van der Waals surface area contributed by atoms with Gasteiger partial charge in [0, 0.05) is 29.2 Å². The molecule has 0 saturated carbocycles. The molecule has 3 heterocycles. The summed E-state index contributed by atoms with van der Waals surface area (Å²) in [7, 11) is 0. The molecule has 0 unspecified atom stereocenters. The summed E-state index contributed by atoms with van der Waals surface area (Å²) in [5.41, 5.74) is 4.69. The number of esters is 1. The zero-order valence-corrected chi connectivity index (χ0v) is 24.7. The molecule has 0 radical (unpaired) electrons. The van der Waals surface area contributed by atoms with Gasteiger partial charge >= 0.3 is 5.97 Å². The molecule has 42 heavy (non-hydrogen) atoms. The van der Waals surface area contributed by atoms with Crippen molar-refractivity contribution in [3.63, 3.8) is 0 Å². The molecule has 0 N–H and O–H groups in total. The molecule has 1 aliphatic heterocycles. The number of carbonyl (C=O) groups excluding carboxylic acids is 1. The largest absolute Gasteiger partial charge is 0.494 e. The van der Waals surface area contributed by atoms with Crippen molar-refractivity contribution in [2.75, 3.05) is 13.2 Å². The van der Waals surface area contributed by atoms with Crippen LogP contribution in [0.25, 0.3) is 11.8 Å². The van der Waals surface area contributed by atoms with E-state index in [1.54, 1.807) is 30.5 Å². The Labute approximate surface area is 245 Å². The summed E-state index contributed by atoms with van der Waals surface area (Å²) in [5, 5.41) is 11.1. The first-order chi connectivity index (χ1) is 20.1. The number of aryl methyl sites for hydroxylation is 1. The van der Waals surface area contributed by atoms with Crippen LogP contribution < -0.4 is 19.6 Å². The number of ether oxygens (including phenoxy) is 2. The Morgan fingerprint density at radius 3 is 2.38 bits per heavy atom. The Hall–Kier alpha value is -4.77. The molecule has 216 valence electrons. The van der Waals surface area contributed by atoms with Crippen molar-refractivity contribution in [3.8, 4) is 11.4 Å². The third-order valence-electron chi connectivity index (χ3n) is 7.10. The Kier molecular flexibility index (Phi) is 7.95. The summed E-state index contributed by atoms with van der Waals surface area (Å²) in [6.07, 6.45) is 1.83. The number of nitrogens with zero attached hydrogens (tertiary/aromatic N) is 4. The average molecular weight is 587 g/mol. The average Bonchev–Trinajstić information content (AvgIpc) is 3.42. The van der Waals surface area contributed by atoms with Gasteiger partial charge in [0.2, 0.25) is 0 Å². The monoisotopic (exact) mass is 586 g/mol. The van der Waals surface area contributed by atoms with Gasteiger partial charge in [-0.05, 0) is 82.2 Å². The number of allylic oxidation sites excluding steroid dienone is 1. The van der Waals surface area contributed by atoms with Gasteiger partial charge in [-0.15, -0.1) is 0 Å². The number of rotatable bonds is 8. The number of fused-ring (bicyclic) bond motifs is 1. The van der Waals surface area contributed by atoms with Gasteiger partial charge in [0.25, 0.3) is 11.2 Å². The lowest BCUT2D eigenvalue weighted by Crippen LogP contribution is -2.39. The van der Waals surface area contributed by atoms with E-state index < -0.39 is 16.9 Å². The molecule has 0 bridgehead atoms. The molecule has 5 rings (SSSR count). The summed E-state index contributed by atoms with van der Waals surface area (Å²) < 4.78 is 15.0. The quantitative estimate of drug-likeness (QED) is 0.170. The SMILES string of the molecule is CCOC(=O)C1=C(C)N=c2s/c(=C\c3cc(C)n(-c4ccc([N+](=O)[O-])cc4)c3C)c(=O)n2[C@@H]1c1ccc(OCC)cc1. The number of hydrogen-bond acceptors (Lipinski definition) is 8. The van der Waals surface area contributed by atoms with Crippen molar-refractivity contribution in [2.24, 2.45) is 4.99 Å². The van der Waals surface area contributed by atoms with Crippen molar-refractivity contribution >= 4 is 29.1 Å². The van der Waals surface area contributed by atoms with Gasteiger partial charge in [-0.25, -0.2) is 9.79 Å². The lowest BCUT2D eigenvalue weighted by molar-refractivity contribution is -0.384. The highest BCUT2D eigenvalue weighted by molar-refractivity contribution is 7.07. The van der Waals surface area contributed by atoms with Gasteiger partial charge in [-0.2, -0.15) is 0 Å². The minimum absolute atomic E-state index is 0.0158. The second-order valence-corrected chi connectivity index (χ2v) is 10.7. The number of aromatic nitrogens is 2. The van der Waals surface area contributed by atoms with Crippen LogP contribution in [-0.4, -0.2) is 33.2 Å².